The molecular formula is C23H25NO4. The van der Waals surface area contributed by atoms with Crippen molar-refractivity contribution in [1.29, 1.82) is 0 Å². The van der Waals surface area contributed by atoms with E-state index in [0.29, 0.717) is 30.5 Å². The molecule has 5 heteroatoms. The Bertz CT molecular complexity index is 942. The molecule has 3 aromatic rings. The van der Waals surface area contributed by atoms with E-state index in [1.165, 1.54) is 5.39 Å². The highest BCUT2D eigenvalue weighted by Gasteiger charge is 2.24. The number of benzene rings is 2. The third-order valence-electron chi connectivity index (χ3n) is 5.15. The lowest BCUT2D eigenvalue weighted by molar-refractivity contribution is 0.0695. The Labute approximate surface area is 164 Å². The molecule has 146 valence electrons. The summed E-state index contributed by atoms with van der Waals surface area (Å²) in [6.07, 6.45) is 1.01. The van der Waals surface area contributed by atoms with Gasteiger partial charge in [0.25, 0.3) is 5.91 Å². The summed E-state index contributed by atoms with van der Waals surface area (Å²) in [5, 5.41) is 2.30. The Morgan fingerprint density at radius 3 is 2.79 bits per heavy atom. The first kappa shape index (κ1) is 18.6. The van der Waals surface area contributed by atoms with Crippen LogP contribution >= 0.6 is 0 Å². The Hall–Kier alpha value is -2.79. The van der Waals surface area contributed by atoms with Crippen LogP contribution in [0.5, 0.6) is 5.75 Å². The van der Waals surface area contributed by atoms with E-state index in [1.807, 2.05) is 42.2 Å². The minimum Gasteiger partial charge on any atom is -0.486 e. The third kappa shape index (κ3) is 4.20. The lowest BCUT2D eigenvalue weighted by atomic mass is 10.1. The van der Waals surface area contributed by atoms with Gasteiger partial charge in [-0.05, 0) is 48.4 Å². The number of furan rings is 1. The lowest BCUT2D eigenvalue weighted by Gasteiger charge is -2.22. The Balaban J connectivity index is 1.38. The molecule has 0 saturated carbocycles. The van der Waals surface area contributed by atoms with E-state index >= 15 is 0 Å². The molecule has 1 aromatic heterocycles. The summed E-state index contributed by atoms with van der Waals surface area (Å²) in [5.41, 5.74) is 0. The van der Waals surface area contributed by atoms with Crippen LogP contribution in [0.2, 0.25) is 0 Å². The van der Waals surface area contributed by atoms with Crippen LogP contribution < -0.4 is 4.74 Å². The fraction of sp³-hybridized carbons (Fsp3) is 0.348. The fourth-order valence-corrected chi connectivity index (χ4v) is 3.53. The maximum absolute atomic E-state index is 12.7. The Morgan fingerprint density at radius 1 is 1.14 bits per heavy atom. The summed E-state index contributed by atoms with van der Waals surface area (Å²) in [5.74, 6) is 2.11. The van der Waals surface area contributed by atoms with Crippen molar-refractivity contribution in [2.75, 3.05) is 26.3 Å². The van der Waals surface area contributed by atoms with Gasteiger partial charge in [0.1, 0.15) is 18.1 Å². The van der Waals surface area contributed by atoms with Crippen LogP contribution in [0.1, 0.15) is 29.7 Å². The second kappa shape index (κ2) is 8.48. The van der Waals surface area contributed by atoms with Crippen LogP contribution in [0.15, 0.2) is 59.0 Å². The van der Waals surface area contributed by atoms with E-state index in [0.717, 1.165) is 30.8 Å². The second-order valence-electron chi connectivity index (χ2n) is 7.14. The van der Waals surface area contributed by atoms with Crippen molar-refractivity contribution in [2.24, 2.45) is 5.92 Å². The van der Waals surface area contributed by atoms with Crippen molar-refractivity contribution in [3.8, 4) is 5.75 Å². The Kier molecular flexibility index (Phi) is 5.63. The molecule has 28 heavy (non-hydrogen) atoms. The van der Waals surface area contributed by atoms with Gasteiger partial charge >= 0.3 is 0 Å². The van der Waals surface area contributed by atoms with Crippen molar-refractivity contribution in [3.05, 3.63) is 66.1 Å². The first-order chi connectivity index (χ1) is 13.7. The average molecular weight is 379 g/mol. The molecule has 1 atom stereocenters. The molecule has 0 spiro atoms. The highest BCUT2D eigenvalue weighted by Crippen LogP contribution is 2.22. The number of ether oxygens (including phenoxy) is 2. The van der Waals surface area contributed by atoms with Gasteiger partial charge in [0.2, 0.25) is 0 Å². The molecular weight excluding hydrogens is 354 g/mol. The molecule has 1 unspecified atom stereocenters. The van der Waals surface area contributed by atoms with Gasteiger partial charge in [-0.3, -0.25) is 4.79 Å². The summed E-state index contributed by atoms with van der Waals surface area (Å²) < 4.78 is 17.0. The zero-order valence-electron chi connectivity index (χ0n) is 16.1. The average Bonchev–Trinajstić information content (AvgIpc) is 3.42. The van der Waals surface area contributed by atoms with E-state index in [2.05, 4.69) is 12.1 Å². The number of carbonyl (C=O) groups excluding carboxylic acids is 1. The van der Waals surface area contributed by atoms with Crippen molar-refractivity contribution in [1.82, 2.24) is 4.90 Å². The molecule has 0 N–H and O–H groups in total. The van der Waals surface area contributed by atoms with E-state index in [-0.39, 0.29) is 12.5 Å². The molecule has 1 fully saturated rings. The molecule has 2 aromatic carbocycles. The smallest absolute Gasteiger partial charge is 0.289 e. The highest BCUT2D eigenvalue weighted by atomic mass is 16.5. The van der Waals surface area contributed by atoms with Gasteiger partial charge in [-0.15, -0.1) is 0 Å². The third-order valence-corrected chi connectivity index (χ3v) is 5.15. The highest BCUT2D eigenvalue weighted by molar-refractivity contribution is 5.91. The molecule has 1 aliphatic heterocycles. The summed E-state index contributed by atoms with van der Waals surface area (Å²) in [4.78, 5) is 14.6. The van der Waals surface area contributed by atoms with Crippen LogP contribution in [0, 0.1) is 5.92 Å². The fourth-order valence-electron chi connectivity index (χ4n) is 3.53. The maximum Gasteiger partial charge on any atom is 0.289 e. The molecule has 1 aliphatic rings. The summed E-state index contributed by atoms with van der Waals surface area (Å²) >= 11 is 0. The Morgan fingerprint density at radius 2 is 2.00 bits per heavy atom. The van der Waals surface area contributed by atoms with Crippen molar-refractivity contribution >= 4 is 16.7 Å². The van der Waals surface area contributed by atoms with Gasteiger partial charge in [0, 0.05) is 25.6 Å². The summed E-state index contributed by atoms with van der Waals surface area (Å²) in [7, 11) is 0. The van der Waals surface area contributed by atoms with Crippen molar-refractivity contribution in [3.63, 3.8) is 0 Å². The lowest BCUT2D eigenvalue weighted by Crippen LogP contribution is -2.35. The topological polar surface area (TPSA) is 51.9 Å². The number of nitrogens with zero attached hydrogens (tertiary/aromatic N) is 1. The van der Waals surface area contributed by atoms with Gasteiger partial charge < -0.3 is 18.8 Å². The van der Waals surface area contributed by atoms with E-state index in [9.17, 15) is 4.79 Å². The monoisotopic (exact) mass is 379 g/mol. The number of hydrogen-bond donors (Lipinski definition) is 0. The molecule has 2 heterocycles. The number of rotatable bonds is 7. The van der Waals surface area contributed by atoms with Crippen LogP contribution in [-0.4, -0.2) is 37.1 Å². The van der Waals surface area contributed by atoms with Crippen LogP contribution in [-0.2, 0) is 11.3 Å². The second-order valence-corrected chi connectivity index (χ2v) is 7.14. The minimum atomic E-state index is -0.0774. The SMILES string of the molecule is CCN(CC1CCOC1)C(=O)c1ccc(COc2ccc3ccccc3c2)o1. The van der Waals surface area contributed by atoms with Gasteiger partial charge in [0.05, 0.1) is 6.61 Å². The standard InChI is InChI=1S/C23H25NO4/c1-2-24(14-17-11-12-26-15-17)23(25)22-10-9-21(28-22)16-27-20-8-7-18-5-3-4-6-19(18)13-20/h3-10,13,17H,2,11-12,14-16H2,1H3. The van der Waals surface area contributed by atoms with E-state index in [1.54, 1.807) is 12.1 Å². The van der Waals surface area contributed by atoms with Crippen molar-refractivity contribution in [2.45, 2.75) is 20.0 Å². The van der Waals surface area contributed by atoms with Crippen LogP contribution in [0.3, 0.4) is 0 Å². The number of fused-ring (bicyclic) bond motifs is 1. The van der Waals surface area contributed by atoms with E-state index in [4.69, 9.17) is 13.9 Å². The van der Waals surface area contributed by atoms with Gasteiger partial charge in [-0.25, -0.2) is 0 Å². The molecule has 1 amide bonds. The molecule has 5 nitrogen and oxygen atoms in total. The predicted molar refractivity (Wildman–Crippen MR) is 107 cm³/mol. The first-order valence-electron chi connectivity index (χ1n) is 9.80. The van der Waals surface area contributed by atoms with Crippen molar-refractivity contribution < 1.29 is 18.7 Å². The molecule has 0 bridgehead atoms. The number of carbonyl (C=O) groups is 1. The molecule has 4 rings (SSSR count). The van der Waals surface area contributed by atoms with Gasteiger partial charge in [-0.2, -0.15) is 0 Å². The van der Waals surface area contributed by atoms with Gasteiger partial charge in [0.15, 0.2) is 5.76 Å². The number of hydrogen-bond acceptors (Lipinski definition) is 4. The molecule has 1 saturated heterocycles. The summed E-state index contributed by atoms with van der Waals surface area (Å²) in [6, 6.07) is 17.7. The van der Waals surface area contributed by atoms with E-state index < -0.39 is 0 Å². The van der Waals surface area contributed by atoms with Gasteiger partial charge in [-0.1, -0.05) is 30.3 Å². The van der Waals surface area contributed by atoms with Crippen LogP contribution in [0.25, 0.3) is 10.8 Å². The molecule has 0 radical (unpaired) electrons. The normalized spacial score (nSPS) is 16.4. The molecule has 0 aliphatic carbocycles. The predicted octanol–water partition coefficient (Wildman–Crippen LogP) is 4.51. The first-order valence-corrected chi connectivity index (χ1v) is 9.80. The maximum atomic E-state index is 12.7. The largest absolute Gasteiger partial charge is 0.486 e. The zero-order chi connectivity index (χ0) is 19.3. The zero-order valence-corrected chi connectivity index (χ0v) is 16.1. The minimum absolute atomic E-state index is 0.0774. The van der Waals surface area contributed by atoms with Crippen LogP contribution in [0.4, 0.5) is 0 Å². The number of amides is 1. The summed E-state index contributed by atoms with van der Waals surface area (Å²) in [6.45, 7) is 5.15. The quantitative estimate of drug-likeness (QED) is 0.606.